The molecule has 0 saturated carbocycles. The zero-order valence-electron chi connectivity index (χ0n) is 11.8. The molecular weight excluding hydrogens is 272 g/mol. The summed E-state index contributed by atoms with van der Waals surface area (Å²) < 4.78 is 2.08. The Morgan fingerprint density at radius 2 is 1.59 bits per heavy atom. The van der Waals surface area contributed by atoms with E-state index in [9.17, 15) is 5.11 Å². The van der Waals surface area contributed by atoms with Gasteiger partial charge in [-0.2, -0.15) is 0 Å². The zero-order chi connectivity index (χ0) is 14.9. The van der Waals surface area contributed by atoms with Crippen LogP contribution in [0.3, 0.4) is 0 Å². The van der Waals surface area contributed by atoms with Crippen molar-refractivity contribution >= 4 is 5.65 Å². The largest absolute Gasteiger partial charge is 0.508 e. The van der Waals surface area contributed by atoms with E-state index in [-0.39, 0.29) is 5.75 Å². The van der Waals surface area contributed by atoms with E-state index < -0.39 is 0 Å². The summed E-state index contributed by atoms with van der Waals surface area (Å²) in [5.41, 5.74) is 5.11. The lowest BCUT2D eigenvalue weighted by Gasteiger charge is -2.06. The normalized spacial score (nSPS) is 10.9. The number of phenolic OH excluding ortho intramolecular Hbond substituents is 1. The lowest BCUT2D eigenvalue weighted by Crippen LogP contribution is -1.89. The molecule has 1 N–H and O–H groups in total. The highest BCUT2D eigenvalue weighted by molar-refractivity contribution is 5.69. The molecule has 4 rings (SSSR count). The summed E-state index contributed by atoms with van der Waals surface area (Å²) in [4.78, 5) is 4.46. The number of rotatable bonds is 2. The molecule has 0 saturated heterocycles. The second kappa shape index (κ2) is 5.04. The summed E-state index contributed by atoms with van der Waals surface area (Å²) in [5.74, 6) is 0.270. The van der Waals surface area contributed by atoms with E-state index in [4.69, 9.17) is 0 Å². The summed E-state index contributed by atoms with van der Waals surface area (Å²) >= 11 is 0. The Kier molecular flexibility index (Phi) is 2.90. The van der Waals surface area contributed by atoms with Gasteiger partial charge in [-0.25, -0.2) is 4.98 Å². The average molecular weight is 286 g/mol. The predicted octanol–water partition coefficient (Wildman–Crippen LogP) is 4.37. The van der Waals surface area contributed by atoms with Gasteiger partial charge in [-0.3, -0.25) is 4.40 Å². The minimum Gasteiger partial charge on any atom is -0.508 e. The highest BCUT2D eigenvalue weighted by Crippen LogP contribution is 2.26. The van der Waals surface area contributed by atoms with E-state index in [0.717, 1.165) is 28.0 Å². The SMILES string of the molecule is Oc1cccc(-c2ccc3ncc(-c4ccccc4)n3c2)c1. The van der Waals surface area contributed by atoms with E-state index in [1.807, 2.05) is 48.7 Å². The van der Waals surface area contributed by atoms with E-state index >= 15 is 0 Å². The molecule has 0 atom stereocenters. The van der Waals surface area contributed by atoms with Gasteiger partial charge >= 0.3 is 0 Å². The van der Waals surface area contributed by atoms with Crippen molar-refractivity contribution in [3.8, 4) is 28.1 Å². The third kappa shape index (κ3) is 2.13. The molecule has 0 aliphatic rings. The monoisotopic (exact) mass is 286 g/mol. The van der Waals surface area contributed by atoms with Crippen LogP contribution < -0.4 is 0 Å². The molecular formula is C19H14N2O. The lowest BCUT2D eigenvalue weighted by atomic mass is 10.1. The molecule has 22 heavy (non-hydrogen) atoms. The molecule has 0 radical (unpaired) electrons. The van der Waals surface area contributed by atoms with Gasteiger partial charge in [0, 0.05) is 11.8 Å². The van der Waals surface area contributed by atoms with E-state index in [1.165, 1.54) is 0 Å². The third-order valence-corrected chi connectivity index (χ3v) is 3.75. The first-order valence-corrected chi connectivity index (χ1v) is 7.13. The van der Waals surface area contributed by atoms with Crippen molar-refractivity contribution in [2.75, 3.05) is 0 Å². The van der Waals surface area contributed by atoms with Crippen LogP contribution in [0.4, 0.5) is 0 Å². The van der Waals surface area contributed by atoms with Gasteiger partial charge in [0.1, 0.15) is 11.4 Å². The molecule has 2 aromatic carbocycles. The van der Waals surface area contributed by atoms with Gasteiger partial charge < -0.3 is 5.11 Å². The van der Waals surface area contributed by atoms with Crippen molar-refractivity contribution in [1.82, 2.24) is 9.38 Å². The summed E-state index contributed by atoms with van der Waals surface area (Å²) in [7, 11) is 0. The van der Waals surface area contributed by atoms with Gasteiger partial charge in [0.2, 0.25) is 0 Å². The van der Waals surface area contributed by atoms with Crippen LogP contribution in [0.15, 0.2) is 79.1 Å². The van der Waals surface area contributed by atoms with E-state index in [2.05, 4.69) is 27.7 Å². The molecule has 3 heteroatoms. The maximum absolute atomic E-state index is 9.66. The maximum Gasteiger partial charge on any atom is 0.137 e. The van der Waals surface area contributed by atoms with Crippen LogP contribution in [0.5, 0.6) is 5.75 Å². The Balaban J connectivity index is 1.90. The Labute approximate surface area is 128 Å². The summed E-state index contributed by atoms with van der Waals surface area (Å²) in [6, 6.07) is 21.5. The van der Waals surface area contributed by atoms with Crippen LogP contribution in [0, 0.1) is 0 Å². The smallest absolute Gasteiger partial charge is 0.137 e. The Morgan fingerprint density at radius 1 is 0.773 bits per heavy atom. The van der Waals surface area contributed by atoms with E-state index in [0.29, 0.717) is 0 Å². The molecule has 2 heterocycles. The summed E-state index contributed by atoms with van der Waals surface area (Å²) in [5, 5.41) is 9.66. The van der Waals surface area contributed by atoms with Gasteiger partial charge in [0.05, 0.1) is 11.9 Å². The molecule has 0 amide bonds. The molecule has 3 nitrogen and oxygen atoms in total. The van der Waals surface area contributed by atoms with E-state index in [1.54, 1.807) is 12.1 Å². The second-order valence-corrected chi connectivity index (χ2v) is 5.21. The first-order chi connectivity index (χ1) is 10.8. The number of imidazole rings is 1. The zero-order valence-corrected chi connectivity index (χ0v) is 11.8. The van der Waals surface area contributed by atoms with Crippen molar-refractivity contribution in [2.45, 2.75) is 0 Å². The van der Waals surface area contributed by atoms with Crippen LogP contribution in [0.1, 0.15) is 0 Å². The van der Waals surface area contributed by atoms with Crippen molar-refractivity contribution < 1.29 is 5.11 Å². The quantitative estimate of drug-likeness (QED) is 0.594. The first kappa shape index (κ1) is 12.7. The molecule has 0 fully saturated rings. The third-order valence-electron chi connectivity index (χ3n) is 3.75. The standard InChI is InChI=1S/C19H14N2O/c22-17-8-4-7-15(11-17)16-9-10-19-20-12-18(21(19)13-16)14-5-2-1-3-6-14/h1-13,22H. The Bertz CT molecular complexity index is 942. The number of phenols is 1. The average Bonchev–Trinajstić information content (AvgIpc) is 2.99. The molecule has 0 unspecified atom stereocenters. The Hall–Kier alpha value is -3.07. The van der Waals surface area contributed by atoms with Gasteiger partial charge in [0.25, 0.3) is 0 Å². The predicted molar refractivity (Wildman–Crippen MR) is 87.7 cm³/mol. The topological polar surface area (TPSA) is 37.5 Å². The maximum atomic E-state index is 9.66. The number of hydrogen-bond acceptors (Lipinski definition) is 2. The number of benzene rings is 2. The van der Waals surface area contributed by atoms with Crippen molar-refractivity contribution in [2.24, 2.45) is 0 Å². The number of pyridine rings is 1. The fraction of sp³-hybridized carbons (Fsp3) is 0. The van der Waals surface area contributed by atoms with Crippen LogP contribution in [-0.2, 0) is 0 Å². The second-order valence-electron chi connectivity index (χ2n) is 5.21. The molecule has 0 aliphatic carbocycles. The Morgan fingerprint density at radius 3 is 2.41 bits per heavy atom. The van der Waals surface area contributed by atoms with Gasteiger partial charge in [-0.15, -0.1) is 0 Å². The minimum absolute atomic E-state index is 0.270. The molecule has 0 aliphatic heterocycles. The van der Waals surface area contributed by atoms with Crippen LogP contribution in [0.25, 0.3) is 28.0 Å². The molecule has 2 aromatic heterocycles. The molecule has 106 valence electrons. The van der Waals surface area contributed by atoms with Crippen molar-refractivity contribution in [3.05, 3.63) is 79.1 Å². The summed E-state index contributed by atoms with van der Waals surface area (Å²) in [6.07, 6.45) is 3.94. The number of nitrogens with zero attached hydrogens (tertiary/aromatic N) is 2. The highest BCUT2D eigenvalue weighted by atomic mass is 16.3. The van der Waals surface area contributed by atoms with Crippen molar-refractivity contribution in [3.63, 3.8) is 0 Å². The van der Waals surface area contributed by atoms with Crippen LogP contribution in [0.2, 0.25) is 0 Å². The lowest BCUT2D eigenvalue weighted by molar-refractivity contribution is 0.475. The molecule has 4 aromatic rings. The van der Waals surface area contributed by atoms with Crippen LogP contribution in [-0.4, -0.2) is 14.5 Å². The minimum atomic E-state index is 0.270. The van der Waals surface area contributed by atoms with Gasteiger partial charge in [-0.05, 0) is 35.4 Å². The fourth-order valence-corrected chi connectivity index (χ4v) is 2.66. The molecule has 0 bridgehead atoms. The number of aromatic nitrogens is 2. The summed E-state index contributed by atoms with van der Waals surface area (Å²) in [6.45, 7) is 0. The number of aromatic hydroxyl groups is 1. The fourth-order valence-electron chi connectivity index (χ4n) is 2.66. The first-order valence-electron chi connectivity index (χ1n) is 7.13. The van der Waals surface area contributed by atoms with Crippen LogP contribution >= 0.6 is 0 Å². The molecule has 0 spiro atoms. The number of hydrogen-bond donors (Lipinski definition) is 1. The number of fused-ring (bicyclic) bond motifs is 1. The van der Waals surface area contributed by atoms with Gasteiger partial charge in [-0.1, -0.05) is 42.5 Å². The highest BCUT2D eigenvalue weighted by Gasteiger charge is 2.07. The van der Waals surface area contributed by atoms with Gasteiger partial charge in [0.15, 0.2) is 0 Å². The van der Waals surface area contributed by atoms with Crippen molar-refractivity contribution in [1.29, 1.82) is 0 Å².